The highest BCUT2D eigenvalue weighted by molar-refractivity contribution is 5.88. The number of hydrogen-bond acceptors (Lipinski definition) is 3. The smallest absolute Gasteiger partial charge is 0.412 e. The molecule has 2 aliphatic rings. The molecule has 1 aromatic carbocycles. The number of para-hydroxylation sites is 1. The third-order valence-corrected chi connectivity index (χ3v) is 3.70. The zero-order chi connectivity index (χ0) is 12.6. The van der Waals surface area contributed by atoms with E-state index in [0.29, 0.717) is 25.9 Å². The number of nitrogens with zero attached hydrogens (tertiary/aromatic N) is 1. The van der Waals surface area contributed by atoms with Gasteiger partial charge < -0.3 is 9.64 Å². The van der Waals surface area contributed by atoms with Gasteiger partial charge in [0.1, 0.15) is 5.60 Å². The van der Waals surface area contributed by atoms with E-state index in [1.54, 1.807) is 4.90 Å². The minimum Gasteiger partial charge on any atom is -0.438 e. The molecule has 0 saturated carbocycles. The number of likely N-dealkylation sites (tertiary alicyclic amines) is 1. The van der Waals surface area contributed by atoms with E-state index < -0.39 is 11.7 Å². The Kier molecular flexibility index (Phi) is 2.47. The average Bonchev–Trinajstić information content (AvgIpc) is 2.39. The molecule has 18 heavy (non-hydrogen) atoms. The molecular formula is C13H14N2O3. The summed E-state index contributed by atoms with van der Waals surface area (Å²) in [4.78, 5) is 24.1. The molecule has 3 rings (SSSR count). The van der Waals surface area contributed by atoms with Crippen LogP contribution in [0.1, 0.15) is 18.4 Å². The summed E-state index contributed by atoms with van der Waals surface area (Å²) < 4.78 is 5.54. The lowest BCUT2D eigenvalue weighted by atomic mass is 9.82. The minimum absolute atomic E-state index is 0.409. The highest BCUT2D eigenvalue weighted by atomic mass is 16.6. The predicted octanol–water partition coefficient (Wildman–Crippen LogP) is 1.70. The molecule has 0 unspecified atom stereocenters. The molecule has 5 nitrogen and oxygen atoms in total. The van der Waals surface area contributed by atoms with E-state index in [1.807, 2.05) is 24.3 Å². The summed E-state index contributed by atoms with van der Waals surface area (Å²) in [5, 5.41) is 2.71. The molecule has 5 heteroatoms. The third kappa shape index (κ3) is 1.63. The van der Waals surface area contributed by atoms with E-state index in [-0.39, 0.29) is 0 Å². The van der Waals surface area contributed by atoms with E-state index in [9.17, 15) is 9.59 Å². The van der Waals surface area contributed by atoms with Gasteiger partial charge >= 0.3 is 6.09 Å². The Labute approximate surface area is 105 Å². The van der Waals surface area contributed by atoms with Gasteiger partial charge in [0.05, 0.1) is 5.69 Å². The number of carbonyl (C=O) groups excluding carboxylic acids is 2. The summed E-state index contributed by atoms with van der Waals surface area (Å²) in [5.41, 5.74) is 1.25. The van der Waals surface area contributed by atoms with Crippen LogP contribution in [0.3, 0.4) is 0 Å². The predicted molar refractivity (Wildman–Crippen MR) is 65.1 cm³/mol. The topological polar surface area (TPSA) is 58.6 Å². The summed E-state index contributed by atoms with van der Waals surface area (Å²) in [5.74, 6) is 0. The lowest BCUT2D eigenvalue weighted by Gasteiger charge is -2.43. The number of hydrogen-bond donors (Lipinski definition) is 1. The number of piperidine rings is 1. The van der Waals surface area contributed by atoms with Crippen molar-refractivity contribution < 1.29 is 14.3 Å². The van der Waals surface area contributed by atoms with Gasteiger partial charge in [-0.3, -0.25) is 10.1 Å². The molecule has 94 valence electrons. The van der Waals surface area contributed by atoms with Gasteiger partial charge in [0.15, 0.2) is 0 Å². The highest BCUT2D eigenvalue weighted by Crippen LogP contribution is 2.42. The SMILES string of the molecule is O=CN1CCC2(CC1)OC(=O)Nc1ccccc12. The molecule has 2 amide bonds. The average molecular weight is 246 g/mol. The van der Waals surface area contributed by atoms with Crippen LogP contribution in [0.5, 0.6) is 0 Å². The largest absolute Gasteiger partial charge is 0.438 e. The van der Waals surface area contributed by atoms with Crippen LogP contribution in [-0.4, -0.2) is 30.5 Å². The molecule has 0 radical (unpaired) electrons. The van der Waals surface area contributed by atoms with Gasteiger partial charge in [0.25, 0.3) is 0 Å². The molecule has 0 aliphatic carbocycles. The van der Waals surface area contributed by atoms with E-state index in [1.165, 1.54) is 0 Å². The second-order valence-corrected chi connectivity index (χ2v) is 4.70. The quantitative estimate of drug-likeness (QED) is 0.767. The molecule has 1 saturated heterocycles. The molecule has 0 atom stereocenters. The summed E-state index contributed by atoms with van der Waals surface area (Å²) in [6.07, 6.45) is 1.74. The lowest BCUT2D eigenvalue weighted by Crippen LogP contribution is -2.47. The van der Waals surface area contributed by atoms with Gasteiger partial charge in [0, 0.05) is 31.5 Å². The standard InChI is InChI=1S/C13H14N2O3/c16-9-15-7-5-13(6-8-15)10-3-1-2-4-11(10)14-12(17)18-13/h1-4,9H,5-8H2,(H,14,17). The summed E-state index contributed by atoms with van der Waals surface area (Å²) >= 11 is 0. The van der Waals surface area contributed by atoms with Gasteiger partial charge in [-0.05, 0) is 6.07 Å². The fourth-order valence-corrected chi connectivity index (χ4v) is 2.72. The van der Waals surface area contributed by atoms with E-state index in [0.717, 1.165) is 17.7 Å². The van der Waals surface area contributed by atoms with Crippen LogP contribution in [0.25, 0.3) is 0 Å². The van der Waals surface area contributed by atoms with Crippen LogP contribution in [0.15, 0.2) is 24.3 Å². The van der Waals surface area contributed by atoms with Crippen LogP contribution in [0.2, 0.25) is 0 Å². The Morgan fingerprint density at radius 3 is 2.72 bits per heavy atom. The Balaban J connectivity index is 1.97. The number of fused-ring (bicyclic) bond motifs is 2. The molecule has 0 bridgehead atoms. The molecule has 1 N–H and O–H groups in total. The number of amides is 2. The van der Waals surface area contributed by atoms with Crippen LogP contribution in [0, 0.1) is 0 Å². The van der Waals surface area contributed by atoms with Crippen molar-refractivity contribution in [2.24, 2.45) is 0 Å². The Hall–Kier alpha value is -2.04. The maximum absolute atomic E-state index is 11.6. The van der Waals surface area contributed by atoms with Crippen molar-refractivity contribution in [1.82, 2.24) is 4.90 Å². The lowest BCUT2D eigenvalue weighted by molar-refractivity contribution is -0.122. The molecule has 1 fully saturated rings. The monoisotopic (exact) mass is 246 g/mol. The number of benzene rings is 1. The Morgan fingerprint density at radius 2 is 2.00 bits per heavy atom. The van der Waals surface area contributed by atoms with Crippen LogP contribution >= 0.6 is 0 Å². The van der Waals surface area contributed by atoms with Crippen molar-refractivity contribution in [1.29, 1.82) is 0 Å². The van der Waals surface area contributed by atoms with Crippen molar-refractivity contribution >= 4 is 18.2 Å². The van der Waals surface area contributed by atoms with Gasteiger partial charge in [-0.15, -0.1) is 0 Å². The summed E-state index contributed by atoms with van der Waals surface area (Å²) in [6.45, 7) is 1.23. The zero-order valence-corrected chi connectivity index (χ0v) is 9.89. The first-order valence-corrected chi connectivity index (χ1v) is 6.02. The van der Waals surface area contributed by atoms with Crippen LogP contribution in [0.4, 0.5) is 10.5 Å². The Bertz CT molecular complexity index is 493. The summed E-state index contributed by atoms with van der Waals surface area (Å²) in [6, 6.07) is 7.68. The second kappa shape index (κ2) is 4.01. The van der Waals surface area contributed by atoms with Crippen molar-refractivity contribution in [2.75, 3.05) is 18.4 Å². The zero-order valence-electron chi connectivity index (χ0n) is 9.89. The number of rotatable bonds is 1. The van der Waals surface area contributed by atoms with Crippen molar-refractivity contribution in [2.45, 2.75) is 18.4 Å². The van der Waals surface area contributed by atoms with Gasteiger partial charge in [-0.2, -0.15) is 0 Å². The highest BCUT2D eigenvalue weighted by Gasteiger charge is 2.44. The number of anilines is 1. The second-order valence-electron chi connectivity index (χ2n) is 4.70. The van der Waals surface area contributed by atoms with Crippen molar-refractivity contribution in [3.8, 4) is 0 Å². The van der Waals surface area contributed by atoms with E-state index >= 15 is 0 Å². The fourth-order valence-electron chi connectivity index (χ4n) is 2.72. The van der Waals surface area contributed by atoms with Crippen molar-refractivity contribution in [3.63, 3.8) is 0 Å². The molecule has 0 aromatic heterocycles. The minimum atomic E-state index is -0.571. The van der Waals surface area contributed by atoms with E-state index in [2.05, 4.69) is 5.32 Å². The fraction of sp³-hybridized carbons (Fsp3) is 0.385. The normalized spacial score (nSPS) is 20.9. The van der Waals surface area contributed by atoms with Gasteiger partial charge in [-0.1, -0.05) is 18.2 Å². The number of nitrogens with one attached hydrogen (secondary N) is 1. The summed E-state index contributed by atoms with van der Waals surface area (Å²) in [7, 11) is 0. The first-order valence-electron chi connectivity index (χ1n) is 6.02. The first kappa shape index (κ1) is 11.1. The van der Waals surface area contributed by atoms with Crippen LogP contribution < -0.4 is 5.32 Å². The molecule has 2 heterocycles. The van der Waals surface area contributed by atoms with E-state index in [4.69, 9.17) is 4.74 Å². The number of ether oxygens (including phenoxy) is 1. The molecular weight excluding hydrogens is 232 g/mol. The van der Waals surface area contributed by atoms with Gasteiger partial charge in [0.2, 0.25) is 6.41 Å². The third-order valence-electron chi connectivity index (χ3n) is 3.70. The van der Waals surface area contributed by atoms with Crippen molar-refractivity contribution in [3.05, 3.63) is 29.8 Å². The maximum Gasteiger partial charge on any atom is 0.412 e. The maximum atomic E-state index is 11.6. The van der Waals surface area contributed by atoms with Crippen LogP contribution in [-0.2, 0) is 15.1 Å². The number of carbonyl (C=O) groups is 2. The molecule has 1 spiro atoms. The first-order chi connectivity index (χ1) is 8.73. The Morgan fingerprint density at radius 1 is 1.28 bits per heavy atom. The van der Waals surface area contributed by atoms with Gasteiger partial charge in [-0.25, -0.2) is 4.79 Å². The molecule has 2 aliphatic heterocycles. The molecule has 1 aromatic rings.